The quantitative estimate of drug-likeness (QED) is 0.0730. The minimum absolute atomic E-state index is 0. The van der Waals surface area contributed by atoms with Gasteiger partial charge in [0.25, 0.3) is 0 Å². The molecule has 588 valence electrons. The first kappa shape index (κ1) is 85.4. The van der Waals surface area contributed by atoms with E-state index in [4.69, 9.17) is 15.5 Å². The Morgan fingerprint density at radius 3 is 0.877 bits per heavy atom. The van der Waals surface area contributed by atoms with Crippen LogP contribution in [-0.2, 0) is 4.74 Å². The summed E-state index contributed by atoms with van der Waals surface area (Å²) >= 11 is 1.67. The molecule has 0 aliphatic carbocycles. The van der Waals surface area contributed by atoms with Crippen molar-refractivity contribution in [2.45, 2.75) is 53.4 Å². The van der Waals surface area contributed by atoms with E-state index in [0.29, 0.717) is 5.92 Å². The molecule has 0 bridgehead atoms. The van der Waals surface area contributed by atoms with E-state index in [9.17, 15) is 0 Å². The predicted molar refractivity (Wildman–Crippen MR) is 523 cm³/mol. The van der Waals surface area contributed by atoms with Gasteiger partial charge < -0.3 is 23.7 Å². The van der Waals surface area contributed by atoms with Crippen molar-refractivity contribution in [1.29, 1.82) is 4.35 Å². The first-order chi connectivity index (χ1) is 59.3. The number of terminal acetylenes is 1. The average Bonchev–Trinajstić information content (AvgIpc) is 1.59. The van der Waals surface area contributed by atoms with Crippen molar-refractivity contribution in [2.24, 2.45) is 0 Å². The second-order valence-electron chi connectivity index (χ2n) is 29.4. The van der Waals surface area contributed by atoms with Crippen LogP contribution in [0.5, 0.6) is 0 Å². The molecular formula is C114H95AlBN5O. The standard InChI is InChI=1S/C52H42N2.C50H36N2.C7H4.C4H8O.CH4.Al.B.HN/c1-3-37(2)38-19-21-41(22-20-38)43-29-33-51-49(35-43)50-36-44(30-34-52(50)54(51)47-17-11-6-12-18-47)42-25-23-39(24-26-42)40-27-31-48(32-28-40)53(45-13-7-4-8-14-45)46-15-9-5-10-16-46;1-2-36-18-20-39(21-19-36)41-28-32-49-47(34-41)48-35-42(29-33-50(48)52(49)45-16-10-5-11-17-45)40-24-22-37(23-25-40)38-26-30-46(31-27-38)51(43-12-6-3-7-13-43)44-14-8-4-9-15-44;1-3-5-7-6-4-2;1-2-4-5-3-1;;;;/h4-37H,3H2,1-2H3;2-35H,1H2;1H,2H3;1-4H2;1H4;;;1H. The summed E-state index contributed by atoms with van der Waals surface area (Å²) in [5.74, 6) is 12.6. The molecule has 1 fully saturated rings. The monoisotopic (exact) mass is 1590 g/mol. The molecule has 0 saturated carbocycles. The summed E-state index contributed by atoms with van der Waals surface area (Å²) in [5.41, 5.74) is 30.9. The van der Waals surface area contributed by atoms with Crippen molar-refractivity contribution in [3.63, 3.8) is 0 Å². The zero-order valence-corrected chi connectivity index (χ0v) is 69.6. The molecule has 16 aromatic carbocycles. The molecule has 1 atom stereocenters. The van der Waals surface area contributed by atoms with Gasteiger partial charge in [0.15, 0.2) is 0 Å². The number of anilines is 6. The number of nitrogens with zero attached hydrogens (tertiary/aromatic N) is 4. The molecule has 8 heteroatoms. The topological polar surface area (TPSA) is 49.4 Å². The number of hydrogen-bond donors (Lipinski definition) is 1. The third-order valence-corrected chi connectivity index (χ3v) is 22.0. The van der Waals surface area contributed by atoms with Crippen LogP contribution in [0.15, 0.2) is 407 Å². The fourth-order valence-corrected chi connectivity index (χ4v) is 15.7. The van der Waals surface area contributed by atoms with Gasteiger partial charge >= 0.3 is 20.4 Å². The Morgan fingerprint density at radius 1 is 0.361 bits per heavy atom. The van der Waals surface area contributed by atoms with Crippen LogP contribution in [0.2, 0.25) is 0 Å². The van der Waals surface area contributed by atoms with Gasteiger partial charge in [0.2, 0.25) is 0 Å². The summed E-state index contributed by atoms with van der Waals surface area (Å²) in [5, 5.41) is 4.99. The SMILES string of the molecule is C.C#CC#CC#CC.C1CCOC1.C=Cc1ccc(-c2ccc3c(c2)c2cc(-c4ccc(-c5ccc(N(c6ccccc6)c6ccccc6)cc5)cc4)ccc2n3-c2ccccc2)cc1.CCC(C)c1ccc(-c2ccc3c(c2)c2cc(-c4ccc(-c5ccc(N(c6ccccc6)c6ccccc6)cc5)cc4)ccc2n3-c2ccccc2)cc1.[B].[NH]=[Al]. The molecule has 1 N–H and O–H groups in total. The maximum absolute atomic E-state index is 5.67. The van der Waals surface area contributed by atoms with Crippen molar-refractivity contribution < 1.29 is 4.74 Å². The Hall–Kier alpha value is -14.5. The maximum atomic E-state index is 5.67. The summed E-state index contributed by atoms with van der Waals surface area (Å²) in [7, 11) is 0. The summed E-state index contributed by atoms with van der Waals surface area (Å²) in [6, 6.07) is 145. The number of hydrogen-bond acceptors (Lipinski definition) is 4. The van der Waals surface area contributed by atoms with E-state index in [2.05, 4.69) is 469 Å². The van der Waals surface area contributed by atoms with Crippen LogP contribution in [0.3, 0.4) is 0 Å². The predicted octanol–water partition coefficient (Wildman–Crippen LogP) is 30.3. The van der Waals surface area contributed by atoms with Gasteiger partial charge in [-0.1, -0.05) is 295 Å². The van der Waals surface area contributed by atoms with Crippen molar-refractivity contribution in [2.75, 3.05) is 23.0 Å². The molecule has 1 aliphatic heterocycles. The van der Waals surface area contributed by atoms with Crippen molar-refractivity contribution >= 4 is 108 Å². The molecular weight excluding hydrogens is 1490 g/mol. The van der Waals surface area contributed by atoms with Gasteiger partial charge in [-0.05, 0) is 279 Å². The summed E-state index contributed by atoms with van der Waals surface area (Å²) in [6.45, 7) is 12.2. The van der Waals surface area contributed by atoms with Crippen molar-refractivity contribution in [3.8, 4) is 114 Å². The third kappa shape index (κ3) is 19.6. The average molecular weight is 1590 g/mol. The first-order valence-corrected chi connectivity index (χ1v) is 41.4. The van der Waals surface area contributed by atoms with Gasteiger partial charge in [0.1, 0.15) is 0 Å². The molecule has 0 spiro atoms. The molecule has 2 aromatic heterocycles. The zero-order chi connectivity index (χ0) is 82.4. The number of ether oxygens (including phenoxy) is 1. The van der Waals surface area contributed by atoms with Crippen LogP contribution < -0.4 is 9.80 Å². The van der Waals surface area contributed by atoms with Crippen LogP contribution in [-0.4, -0.2) is 46.9 Å². The summed E-state index contributed by atoms with van der Waals surface area (Å²) in [4.78, 5) is 4.59. The first-order valence-electron chi connectivity index (χ1n) is 40.9. The fraction of sp³-hybridized carbons (Fsp3) is 0.0877. The normalized spacial score (nSPS) is 11.2. The second kappa shape index (κ2) is 41.7. The van der Waals surface area contributed by atoms with Gasteiger partial charge in [0, 0.05) is 88.7 Å². The Balaban J connectivity index is 0.000000179. The number of nitrogens with one attached hydrogen (secondary N) is 1. The molecule has 1 saturated heterocycles. The second-order valence-corrected chi connectivity index (χ2v) is 29.4. The fourth-order valence-electron chi connectivity index (χ4n) is 15.7. The minimum atomic E-state index is 0. The van der Waals surface area contributed by atoms with Crippen LogP contribution in [0, 0.1) is 40.4 Å². The Labute approximate surface area is 730 Å². The number of aromatic nitrogens is 2. The Kier molecular flexibility index (Phi) is 29.2. The van der Waals surface area contributed by atoms with Crippen LogP contribution in [0.4, 0.5) is 34.1 Å². The van der Waals surface area contributed by atoms with Crippen molar-refractivity contribution in [3.05, 3.63) is 418 Å². The van der Waals surface area contributed by atoms with E-state index in [1.807, 2.05) is 6.08 Å². The molecule has 1 unspecified atom stereocenters. The van der Waals surface area contributed by atoms with Gasteiger partial charge in [0.05, 0.1) is 22.1 Å². The molecule has 122 heavy (non-hydrogen) atoms. The number of para-hydroxylation sites is 6. The molecule has 18 aromatic rings. The summed E-state index contributed by atoms with van der Waals surface area (Å²) in [6.07, 6.45) is 10.4. The molecule has 3 heterocycles. The van der Waals surface area contributed by atoms with Crippen molar-refractivity contribution in [1.82, 2.24) is 9.13 Å². The summed E-state index contributed by atoms with van der Waals surface area (Å²) < 4.78 is 15.4. The van der Waals surface area contributed by atoms with E-state index in [0.717, 1.165) is 65.0 Å². The van der Waals surface area contributed by atoms with E-state index in [-0.39, 0.29) is 15.8 Å². The molecule has 6 nitrogen and oxygen atoms in total. The van der Waals surface area contributed by atoms with Gasteiger partial charge in [-0.2, -0.15) is 0 Å². The van der Waals surface area contributed by atoms with Crippen LogP contribution >= 0.6 is 0 Å². The zero-order valence-electron chi connectivity index (χ0n) is 68.4. The molecule has 4 radical (unpaired) electrons. The van der Waals surface area contributed by atoms with Gasteiger partial charge in [-0.15, -0.1) is 6.42 Å². The number of rotatable bonds is 17. The van der Waals surface area contributed by atoms with Gasteiger partial charge in [-0.3, -0.25) is 0 Å². The van der Waals surface area contributed by atoms with Crippen LogP contribution in [0.25, 0.3) is 128 Å². The van der Waals surface area contributed by atoms with Gasteiger partial charge in [-0.25, -0.2) is 0 Å². The molecule has 19 rings (SSSR count). The Morgan fingerprint density at radius 2 is 0.615 bits per heavy atom. The van der Waals surface area contributed by atoms with E-state index >= 15 is 0 Å². The number of benzene rings is 16. The molecule has 0 amide bonds. The number of fused-ring (bicyclic) bond motifs is 6. The third-order valence-electron chi connectivity index (χ3n) is 22.0. The molecule has 1 aliphatic rings. The Bertz CT molecular complexity index is 6560. The van der Waals surface area contributed by atoms with E-state index < -0.39 is 0 Å². The van der Waals surface area contributed by atoms with Crippen LogP contribution in [0.1, 0.15) is 64.5 Å². The van der Waals surface area contributed by atoms with E-state index in [1.54, 1.807) is 23.0 Å². The van der Waals surface area contributed by atoms with E-state index in [1.165, 1.54) is 134 Å².